The lowest BCUT2D eigenvalue weighted by Crippen LogP contribution is -2.16. The van der Waals surface area contributed by atoms with Crippen LogP contribution in [0, 0.1) is 0 Å². The fraction of sp³-hybridized carbons (Fsp3) is 0.115. The van der Waals surface area contributed by atoms with Gasteiger partial charge in [0.2, 0.25) is 0 Å². The van der Waals surface area contributed by atoms with Crippen molar-refractivity contribution < 1.29 is 0 Å². The summed E-state index contributed by atoms with van der Waals surface area (Å²) in [5.41, 5.74) is 21.0. The number of nitrogens with zero attached hydrogens (tertiary/aromatic N) is 2. The smallest absolute Gasteiger partial charge is 0.0973 e. The van der Waals surface area contributed by atoms with Crippen LogP contribution in [0.5, 0.6) is 0 Å². The number of rotatable bonds is 5. The first-order valence-electron chi connectivity index (χ1n) is 18.9. The van der Waals surface area contributed by atoms with Crippen LogP contribution in [-0.2, 0) is 10.8 Å². The van der Waals surface area contributed by atoms with E-state index in [1.54, 1.807) is 0 Å². The fourth-order valence-electron chi connectivity index (χ4n) is 9.06. The van der Waals surface area contributed by atoms with Gasteiger partial charge >= 0.3 is 0 Å². The second kappa shape index (κ2) is 12.1. The van der Waals surface area contributed by atoms with Gasteiger partial charge in [-0.3, -0.25) is 0 Å². The van der Waals surface area contributed by atoms with E-state index in [4.69, 9.17) is 9.97 Å². The molecule has 0 spiro atoms. The van der Waals surface area contributed by atoms with Gasteiger partial charge in [-0.15, -0.1) is 0 Å². The number of benzene rings is 7. The second-order valence-electron chi connectivity index (χ2n) is 15.8. The van der Waals surface area contributed by atoms with Crippen LogP contribution in [0.2, 0.25) is 0 Å². The second-order valence-corrected chi connectivity index (χ2v) is 15.8. The third kappa shape index (κ3) is 4.87. The largest absolute Gasteiger partial charge is 0.243 e. The normalized spacial score (nSPS) is 14.2. The summed E-state index contributed by atoms with van der Waals surface area (Å²) < 4.78 is 0. The molecule has 1 aromatic heterocycles. The number of aromatic nitrogens is 2. The average molecular weight is 693 g/mol. The van der Waals surface area contributed by atoms with Gasteiger partial charge in [0, 0.05) is 33.1 Å². The summed E-state index contributed by atoms with van der Waals surface area (Å²) in [6.45, 7) is 9.52. The van der Waals surface area contributed by atoms with Crippen LogP contribution >= 0.6 is 0 Å². The summed E-state index contributed by atoms with van der Waals surface area (Å²) in [5.74, 6) is 0. The van der Waals surface area contributed by atoms with Crippen molar-refractivity contribution in [3.63, 3.8) is 0 Å². The zero-order chi connectivity index (χ0) is 36.6. The first kappa shape index (κ1) is 32.3. The molecule has 0 saturated heterocycles. The Labute approximate surface area is 317 Å². The van der Waals surface area contributed by atoms with E-state index in [0.717, 1.165) is 45.0 Å². The summed E-state index contributed by atoms with van der Waals surface area (Å²) in [4.78, 5) is 10.9. The van der Waals surface area contributed by atoms with E-state index in [-0.39, 0.29) is 10.8 Å². The van der Waals surface area contributed by atoms with Gasteiger partial charge in [0.25, 0.3) is 0 Å². The van der Waals surface area contributed by atoms with E-state index in [2.05, 4.69) is 179 Å². The van der Waals surface area contributed by atoms with E-state index in [0.29, 0.717) is 0 Å². The highest BCUT2D eigenvalue weighted by Gasteiger charge is 2.42. The monoisotopic (exact) mass is 692 g/mol. The summed E-state index contributed by atoms with van der Waals surface area (Å²) in [6.07, 6.45) is 0. The van der Waals surface area contributed by atoms with Crippen molar-refractivity contribution in [3.8, 4) is 78.4 Å². The Morgan fingerprint density at radius 3 is 1.24 bits per heavy atom. The van der Waals surface area contributed by atoms with Crippen LogP contribution in [0.3, 0.4) is 0 Å². The van der Waals surface area contributed by atoms with Crippen molar-refractivity contribution in [2.75, 3.05) is 0 Å². The molecule has 0 N–H and O–H groups in total. The van der Waals surface area contributed by atoms with Crippen molar-refractivity contribution in [2.45, 2.75) is 38.5 Å². The van der Waals surface area contributed by atoms with Gasteiger partial charge < -0.3 is 0 Å². The lowest BCUT2D eigenvalue weighted by molar-refractivity contribution is 0.652. The van der Waals surface area contributed by atoms with Gasteiger partial charge in [0.15, 0.2) is 0 Å². The van der Waals surface area contributed by atoms with E-state index in [9.17, 15) is 0 Å². The zero-order valence-corrected chi connectivity index (χ0v) is 31.1. The predicted molar refractivity (Wildman–Crippen MR) is 224 cm³/mol. The Hall–Kier alpha value is -6.38. The van der Waals surface area contributed by atoms with E-state index in [1.165, 1.54) is 55.6 Å². The number of hydrogen-bond acceptors (Lipinski definition) is 2. The molecule has 2 aliphatic rings. The summed E-state index contributed by atoms with van der Waals surface area (Å²) >= 11 is 0. The highest BCUT2D eigenvalue weighted by Crippen LogP contribution is 2.57. The lowest BCUT2D eigenvalue weighted by atomic mass is 9.79. The molecule has 2 heteroatoms. The van der Waals surface area contributed by atoms with Gasteiger partial charge in [-0.2, -0.15) is 0 Å². The first-order valence-corrected chi connectivity index (χ1v) is 18.9. The first-order chi connectivity index (χ1) is 26.3. The van der Waals surface area contributed by atoms with Crippen molar-refractivity contribution in [2.24, 2.45) is 0 Å². The minimum atomic E-state index is -0.119. The maximum atomic E-state index is 5.48. The Morgan fingerprint density at radius 2 is 0.685 bits per heavy atom. The van der Waals surface area contributed by atoms with Gasteiger partial charge in [0.05, 0.1) is 22.8 Å². The van der Waals surface area contributed by atoms with Gasteiger partial charge in [-0.05, 0) is 67.8 Å². The van der Waals surface area contributed by atoms with Gasteiger partial charge in [0.1, 0.15) is 0 Å². The topological polar surface area (TPSA) is 25.8 Å². The van der Waals surface area contributed by atoms with Crippen LogP contribution in [0.1, 0.15) is 49.9 Å². The fourth-order valence-corrected chi connectivity index (χ4v) is 9.06. The third-order valence-corrected chi connectivity index (χ3v) is 11.9. The highest BCUT2D eigenvalue weighted by molar-refractivity contribution is 5.96. The minimum absolute atomic E-state index is 0.0589. The molecular weight excluding hydrogens is 653 g/mol. The quantitative estimate of drug-likeness (QED) is 0.179. The van der Waals surface area contributed by atoms with Crippen LogP contribution in [-0.4, -0.2) is 9.97 Å². The molecule has 0 radical (unpaired) electrons. The molecule has 7 aromatic carbocycles. The van der Waals surface area contributed by atoms with Crippen LogP contribution < -0.4 is 0 Å². The summed E-state index contributed by atoms with van der Waals surface area (Å²) in [5, 5.41) is 0. The molecule has 0 atom stereocenters. The van der Waals surface area contributed by atoms with E-state index >= 15 is 0 Å². The van der Waals surface area contributed by atoms with Crippen molar-refractivity contribution in [1.29, 1.82) is 0 Å². The maximum Gasteiger partial charge on any atom is 0.0973 e. The molecule has 1 heterocycles. The molecule has 0 fully saturated rings. The van der Waals surface area contributed by atoms with Crippen molar-refractivity contribution >= 4 is 0 Å². The molecule has 54 heavy (non-hydrogen) atoms. The van der Waals surface area contributed by atoms with Crippen LogP contribution in [0.25, 0.3) is 78.4 Å². The lowest BCUT2D eigenvalue weighted by Gasteiger charge is -2.24. The molecule has 8 aromatic rings. The zero-order valence-electron chi connectivity index (χ0n) is 31.1. The molecule has 2 aliphatic carbocycles. The standard InChI is InChI=1S/C52H40N2/c1-51(2)42-25-15-14-23-39(42)40-31-45-41(32-44(40)51)46-38(24-16-26-43(46)52(45,3)4)33-27-29-37(30-28-33)50-49(36-21-12-7-13-22-36)53-47(34-17-8-5-9-18-34)48(54-50)35-19-10-6-11-20-35/h5-32H,1-4H3. The predicted octanol–water partition coefficient (Wildman–Crippen LogP) is 13.4. The molecule has 0 amide bonds. The number of fused-ring (bicyclic) bond motifs is 6. The average Bonchev–Trinajstić information content (AvgIpc) is 3.59. The van der Waals surface area contributed by atoms with Crippen molar-refractivity contribution in [1.82, 2.24) is 9.97 Å². The summed E-state index contributed by atoms with van der Waals surface area (Å²) in [6, 6.07) is 61.1. The van der Waals surface area contributed by atoms with Gasteiger partial charge in [-0.25, -0.2) is 9.97 Å². The Balaban J connectivity index is 1.13. The SMILES string of the molecule is CC1(C)c2ccccc2-c2cc3c(cc21)-c1c(-c2ccc(-c4nc(-c5ccccc5)c(-c5ccccc5)nc4-c4ccccc4)cc2)cccc1C3(C)C. The van der Waals surface area contributed by atoms with Gasteiger partial charge in [-0.1, -0.05) is 185 Å². The highest BCUT2D eigenvalue weighted by atomic mass is 14.9. The third-order valence-electron chi connectivity index (χ3n) is 11.9. The van der Waals surface area contributed by atoms with E-state index in [1.807, 2.05) is 18.2 Å². The van der Waals surface area contributed by atoms with Crippen LogP contribution in [0.4, 0.5) is 0 Å². The molecule has 10 rings (SSSR count). The van der Waals surface area contributed by atoms with Crippen molar-refractivity contribution in [3.05, 3.63) is 192 Å². The number of hydrogen-bond donors (Lipinski definition) is 0. The van der Waals surface area contributed by atoms with E-state index < -0.39 is 0 Å². The Kier molecular flexibility index (Phi) is 7.22. The molecule has 0 aliphatic heterocycles. The molecule has 0 bridgehead atoms. The molecule has 0 saturated carbocycles. The Morgan fingerprint density at radius 1 is 0.296 bits per heavy atom. The molecule has 0 unspecified atom stereocenters. The summed E-state index contributed by atoms with van der Waals surface area (Å²) in [7, 11) is 0. The minimum Gasteiger partial charge on any atom is -0.243 e. The van der Waals surface area contributed by atoms with Crippen LogP contribution in [0.15, 0.2) is 170 Å². The Bertz CT molecular complexity index is 2720. The maximum absolute atomic E-state index is 5.48. The molecule has 258 valence electrons. The molecular formula is C52H40N2. The molecule has 2 nitrogen and oxygen atoms in total.